The number of nitrogens with one attached hydrogen (secondary N) is 1. The second-order valence-electron chi connectivity index (χ2n) is 4.50. The van der Waals surface area contributed by atoms with E-state index in [1.165, 1.54) is 19.2 Å². The Hall–Kier alpha value is -2.69. The van der Waals surface area contributed by atoms with Crippen LogP contribution in [-0.4, -0.2) is 15.3 Å². The Morgan fingerprint density at radius 3 is 2.60 bits per heavy atom. The first kappa shape index (κ1) is 12.3. The van der Waals surface area contributed by atoms with Crippen LogP contribution >= 0.6 is 0 Å². The van der Waals surface area contributed by atoms with E-state index in [0.29, 0.717) is 5.65 Å². The van der Waals surface area contributed by atoms with Gasteiger partial charge in [-0.2, -0.15) is 0 Å². The molecule has 0 saturated heterocycles. The SMILES string of the molecule is CC(=O)Nc1ccc(-c2cn3cc(F)ccc3n2)cc1. The Bertz CT molecular complexity index is 777. The van der Waals surface area contributed by atoms with E-state index in [-0.39, 0.29) is 11.7 Å². The van der Waals surface area contributed by atoms with Crippen LogP contribution in [0.4, 0.5) is 10.1 Å². The molecule has 0 aliphatic heterocycles. The van der Waals surface area contributed by atoms with Gasteiger partial charge in [0.2, 0.25) is 5.91 Å². The molecule has 1 aromatic carbocycles. The number of hydrogen-bond donors (Lipinski definition) is 1. The molecule has 2 heterocycles. The lowest BCUT2D eigenvalue weighted by molar-refractivity contribution is -0.114. The summed E-state index contributed by atoms with van der Waals surface area (Å²) in [4.78, 5) is 15.4. The Balaban J connectivity index is 1.96. The molecule has 3 rings (SSSR count). The molecule has 4 nitrogen and oxygen atoms in total. The fraction of sp³-hybridized carbons (Fsp3) is 0.0667. The van der Waals surface area contributed by atoms with Gasteiger partial charge in [-0.1, -0.05) is 12.1 Å². The van der Waals surface area contributed by atoms with Crippen LogP contribution in [0.2, 0.25) is 0 Å². The molecule has 1 amide bonds. The van der Waals surface area contributed by atoms with Crippen LogP contribution in [-0.2, 0) is 4.79 Å². The number of rotatable bonds is 2. The summed E-state index contributed by atoms with van der Waals surface area (Å²) >= 11 is 0. The van der Waals surface area contributed by atoms with Gasteiger partial charge in [-0.25, -0.2) is 9.37 Å². The van der Waals surface area contributed by atoms with Gasteiger partial charge in [-0.3, -0.25) is 4.79 Å². The van der Waals surface area contributed by atoms with Crippen molar-refractivity contribution >= 4 is 17.2 Å². The Kier molecular flexibility index (Phi) is 2.95. The first-order valence-electron chi connectivity index (χ1n) is 6.14. The lowest BCUT2D eigenvalue weighted by Gasteiger charge is -2.02. The van der Waals surface area contributed by atoms with Crippen molar-refractivity contribution in [1.29, 1.82) is 0 Å². The highest BCUT2D eigenvalue weighted by Crippen LogP contribution is 2.21. The molecule has 0 aliphatic carbocycles. The number of pyridine rings is 1. The highest BCUT2D eigenvalue weighted by atomic mass is 19.1. The molecule has 0 atom stereocenters. The molecule has 3 aromatic rings. The zero-order valence-corrected chi connectivity index (χ0v) is 10.8. The number of carbonyl (C=O) groups is 1. The third-order valence-electron chi connectivity index (χ3n) is 2.92. The fourth-order valence-electron chi connectivity index (χ4n) is 2.03. The molecule has 0 radical (unpaired) electrons. The summed E-state index contributed by atoms with van der Waals surface area (Å²) < 4.78 is 14.8. The van der Waals surface area contributed by atoms with Crippen LogP contribution in [0.25, 0.3) is 16.9 Å². The summed E-state index contributed by atoms with van der Waals surface area (Å²) in [6.45, 7) is 1.46. The summed E-state index contributed by atoms with van der Waals surface area (Å²) in [6, 6.07) is 10.4. The van der Waals surface area contributed by atoms with Gasteiger partial charge in [-0.15, -0.1) is 0 Å². The minimum atomic E-state index is -0.303. The number of aromatic nitrogens is 2. The lowest BCUT2D eigenvalue weighted by Crippen LogP contribution is -2.05. The summed E-state index contributed by atoms with van der Waals surface area (Å²) in [7, 11) is 0. The Labute approximate surface area is 114 Å². The second-order valence-corrected chi connectivity index (χ2v) is 4.50. The first-order valence-corrected chi connectivity index (χ1v) is 6.14. The van der Waals surface area contributed by atoms with Crippen LogP contribution in [0.15, 0.2) is 48.8 Å². The van der Waals surface area contributed by atoms with Crippen molar-refractivity contribution in [3.63, 3.8) is 0 Å². The topological polar surface area (TPSA) is 46.4 Å². The predicted molar refractivity (Wildman–Crippen MR) is 74.9 cm³/mol. The van der Waals surface area contributed by atoms with Crippen molar-refractivity contribution in [2.45, 2.75) is 6.92 Å². The quantitative estimate of drug-likeness (QED) is 0.777. The highest BCUT2D eigenvalue weighted by molar-refractivity contribution is 5.88. The number of anilines is 1. The van der Waals surface area contributed by atoms with E-state index in [1.54, 1.807) is 28.8 Å². The first-order chi connectivity index (χ1) is 9.61. The van der Waals surface area contributed by atoms with E-state index in [4.69, 9.17) is 0 Å². The molecule has 0 spiro atoms. The molecule has 5 heteroatoms. The maximum absolute atomic E-state index is 13.1. The number of imidazole rings is 1. The molecule has 20 heavy (non-hydrogen) atoms. The largest absolute Gasteiger partial charge is 0.326 e. The molecule has 1 N–H and O–H groups in total. The Morgan fingerprint density at radius 1 is 1.15 bits per heavy atom. The summed E-state index contributed by atoms with van der Waals surface area (Å²) in [5, 5.41) is 2.70. The van der Waals surface area contributed by atoms with Crippen molar-refractivity contribution in [2.75, 3.05) is 5.32 Å². The normalized spacial score (nSPS) is 10.7. The molecule has 0 fully saturated rings. The van der Waals surface area contributed by atoms with E-state index < -0.39 is 0 Å². The number of hydrogen-bond acceptors (Lipinski definition) is 2. The zero-order valence-electron chi connectivity index (χ0n) is 10.8. The standard InChI is InChI=1S/C15H12FN3O/c1-10(20)17-13-5-2-11(3-6-13)14-9-19-8-12(16)4-7-15(19)18-14/h2-9H,1H3,(H,17,20). The maximum Gasteiger partial charge on any atom is 0.221 e. The number of nitrogens with zero attached hydrogens (tertiary/aromatic N) is 2. The Morgan fingerprint density at radius 2 is 1.90 bits per heavy atom. The van der Waals surface area contributed by atoms with E-state index in [1.807, 2.05) is 12.1 Å². The van der Waals surface area contributed by atoms with Gasteiger partial charge in [-0.05, 0) is 24.3 Å². The smallest absolute Gasteiger partial charge is 0.221 e. The third-order valence-corrected chi connectivity index (χ3v) is 2.92. The van der Waals surface area contributed by atoms with Crippen LogP contribution in [0, 0.1) is 5.82 Å². The number of amides is 1. The van der Waals surface area contributed by atoms with Gasteiger partial charge < -0.3 is 9.72 Å². The van der Waals surface area contributed by atoms with E-state index >= 15 is 0 Å². The van der Waals surface area contributed by atoms with Crippen LogP contribution in [0.3, 0.4) is 0 Å². The maximum atomic E-state index is 13.1. The van der Waals surface area contributed by atoms with Gasteiger partial charge in [0.15, 0.2) is 0 Å². The number of carbonyl (C=O) groups excluding carboxylic acids is 1. The predicted octanol–water partition coefficient (Wildman–Crippen LogP) is 3.10. The van der Waals surface area contributed by atoms with Crippen LogP contribution in [0.1, 0.15) is 6.92 Å². The molecule has 0 unspecified atom stereocenters. The average Bonchev–Trinajstić information content (AvgIpc) is 2.81. The second kappa shape index (κ2) is 4.77. The molecule has 0 saturated carbocycles. The minimum absolute atomic E-state index is 0.110. The van der Waals surface area contributed by atoms with Gasteiger partial charge in [0.05, 0.1) is 5.69 Å². The highest BCUT2D eigenvalue weighted by Gasteiger charge is 2.05. The van der Waals surface area contributed by atoms with Gasteiger partial charge >= 0.3 is 0 Å². The van der Waals surface area contributed by atoms with Crippen LogP contribution < -0.4 is 5.32 Å². The zero-order chi connectivity index (χ0) is 14.1. The average molecular weight is 269 g/mol. The molecule has 0 bridgehead atoms. The van der Waals surface area contributed by atoms with Crippen molar-refractivity contribution in [3.05, 3.63) is 54.6 Å². The van der Waals surface area contributed by atoms with Crippen molar-refractivity contribution < 1.29 is 9.18 Å². The monoisotopic (exact) mass is 269 g/mol. The van der Waals surface area contributed by atoms with Crippen molar-refractivity contribution in [1.82, 2.24) is 9.38 Å². The lowest BCUT2D eigenvalue weighted by atomic mass is 10.1. The number of fused-ring (bicyclic) bond motifs is 1. The molecular weight excluding hydrogens is 257 g/mol. The van der Waals surface area contributed by atoms with E-state index in [0.717, 1.165) is 16.9 Å². The van der Waals surface area contributed by atoms with Gasteiger partial charge in [0.1, 0.15) is 11.5 Å². The molecule has 0 aliphatic rings. The van der Waals surface area contributed by atoms with Crippen molar-refractivity contribution in [2.24, 2.45) is 0 Å². The number of benzene rings is 1. The van der Waals surface area contributed by atoms with Crippen LogP contribution in [0.5, 0.6) is 0 Å². The molecular formula is C15H12FN3O. The number of halogens is 1. The van der Waals surface area contributed by atoms with E-state index in [9.17, 15) is 9.18 Å². The van der Waals surface area contributed by atoms with Gasteiger partial charge in [0, 0.05) is 30.6 Å². The summed E-state index contributed by atoms with van der Waals surface area (Å²) in [5.74, 6) is -0.414. The molecule has 100 valence electrons. The summed E-state index contributed by atoms with van der Waals surface area (Å²) in [5.41, 5.74) is 3.08. The summed E-state index contributed by atoms with van der Waals surface area (Å²) in [6.07, 6.45) is 3.16. The fourth-order valence-corrected chi connectivity index (χ4v) is 2.03. The van der Waals surface area contributed by atoms with Gasteiger partial charge in [0.25, 0.3) is 0 Å². The third kappa shape index (κ3) is 2.38. The van der Waals surface area contributed by atoms with E-state index in [2.05, 4.69) is 10.3 Å². The molecule has 2 aromatic heterocycles. The van der Waals surface area contributed by atoms with Crippen molar-refractivity contribution in [3.8, 4) is 11.3 Å². The minimum Gasteiger partial charge on any atom is -0.326 e.